The summed E-state index contributed by atoms with van der Waals surface area (Å²) in [6, 6.07) is 8.91. The first-order valence-electron chi connectivity index (χ1n) is 5.49. The molecule has 18 heavy (non-hydrogen) atoms. The van der Waals surface area contributed by atoms with Crippen LogP contribution in [0.4, 0.5) is 0 Å². The van der Waals surface area contributed by atoms with Crippen LogP contribution in [0.5, 0.6) is 0 Å². The highest BCUT2D eigenvalue weighted by Crippen LogP contribution is 2.32. The Bertz CT molecular complexity index is 574. The molecule has 1 aliphatic rings. The van der Waals surface area contributed by atoms with Crippen LogP contribution in [-0.2, 0) is 9.63 Å². The number of benzene rings is 1. The van der Waals surface area contributed by atoms with Gasteiger partial charge < -0.3 is 9.94 Å². The summed E-state index contributed by atoms with van der Waals surface area (Å²) in [7, 11) is 0. The number of aliphatic carboxylic acids is 1. The van der Waals surface area contributed by atoms with Crippen molar-refractivity contribution in [3.8, 4) is 6.07 Å². The van der Waals surface area contributed by atoms with E-state index in [-0.39, 0.29) is 5.92 Å². The highest BCUT2D eigenvalue weighted by atomic mass is 16.7. The van der Waals surface area contributed by atoms with E-state index < -0.39 is 11.6 Å². The second-order valence-electron chi connectivity index (χ2n) is 4.39. The molecule has 0 saturated carbocycles. The number of hydrogen-bond acceptors (Lipinski definition) is 4. The fraction of sp³-hybridized carbons (Fsp3) is 0.308. The molecule has 2 atom stereocenters. The topological polar surface area (TPSA) is 82.7 Å². The Labute approximate surface area is 104 Å². The van der Waals surface area contributed by atoms with Gasteiger partial charge in [-0.05, 0) is 19.1 Å². The first-order valence-corrected chi connectivity index (χ1v) is 5.49. The van der Waals surface area contributed by atoms with Crippen molar-refractivity contribution in [2.75, 3.05) is 0 Å². The van der Waals surface area contributed by atoms with Crippen molar-refractivity contribution in [1.82, 2.24) is 0 Å². The fourth-order valence-electron chi connectivity index (χ4n) is 1.84. The van der Waals surface area contributed by atoms with E-state index in [0.29, 0.717) is 16.8 Å². The zero-order valence-corrected chi connectivity index (χ0v) is 10.0. The SMILES string of the molecule is CC1C(c2cccc(C#N)c2)=NOC1(C)C(=O)O. The van der Waals surface area contributed by atoms with Crippen molar-refractivity contribution >= 4 is 11.7 Å². The number of rotatable bonds is 2. The van der Waals surface area contributed by atoms with Gasteiger partial charge in [0.2, 0.25) is 5.60 Å². The Balaban J connectivity index is 2.37. The molecule has 2 rings (SSSR count). The zero-order chi connectivity index (χ0) is 13.3. The molecule has 1 heterocycles. The van der Waals surface area contributed by atoms with Gasteiger partial charge in [-0.3, -0.25) is 0 Å². The lowest BCUT2D eigenvalue weighted by Crippen LogP contribution is -2.42. The van der Waals surface area contributed by atoms with E-state index in [4.69, 9.17) is 15.2 Å². The fourth-order valence-corrected chi connectivity index (χ4v) is 1.84. The molecule has 0 amide bonds. The number of oxime groups is 1. The minimum absolute atomic E-state index is 0.385. The molecule has 1 aliphatic heterocycles. The minimum Gasteiger partial charge on any atom is -0.478 e. The van der Waals surface area contributed by atoms with Crippen LogP contribution in [0.2, 0.25) is 0 Å². The third-order valence-electron chi connectivity index (χ3n) is 3.28. The van der Waals surface area contributed by atoms with Crippen LogP contribution in [0, 0.1) is 17.2 Å². The standard InChI is InChI=1S/C13H12N2O3/c1-8-11(15-18-13(8,2)12(16)17)10-5-3-4-9(6-10)7-14/h3-6,8H,1-2H3,(H,16,17). The number of carbonyl (C=O) groups is 1. The summed E-state index contributed by atoms with van der Waals surface area (Å²) in [6.45, 7) is 3.24. The van der Waals surface area contributed by atoms with Crippen LogP contribution < -0.4 is 0 Å². The van der Waals surface area contributed by atoms with Gasteiger partial charge in [0, 0.05) is 5.56 Å². The predicted octanol–water partition coefficient (Wildman–Crippen LogP) is 1.77. The lowest BCUT2D eigenvalue weighted by molar-refractivity contribution is -0.163. The van der Waals surface area contributed by atoms with Gasteiger partial charge in [0.1, 0.15) is 0 Å². The van der Waals surface area contributed by atoms with Crippen LogP contribution in [0.3, 0.4) is 0 Å². The maximum absolute atomic E-state index is 11.2. The summed E-state index contributed by atoms with van der Waals surface area (Å²) in [4.78, 5) is 16.2. The molecule has 1 N–H and O–H groups in total. The Morgan fingerprint density at radius 3 is 2.89 bits per heavy atom. The Morgan fingerprint density at radius 1 is 1.61 bits per heavy atom. The molecule has 0 bridgehead atoms. The molecule has 0 aliphatic carbocycles. The predicted molar refractivity (Wildman–Crippen MR) is 64.0 cm³/mol. The van der Waals surface area contributed by atoms with Crippen LogP contribution in [0.1, 0.15) is 25.0 Å². The molecule has 2 unspecified atom stereocenters. The van der Waals surface area contributed by atoms with E-state index >= 15 is 0 Å². The molecule has 0 saturated heterocycles. The van der Waals surface area contributed by atoms with Gasteiger partial charge >= 0.3 is 5.97 Å². The molecule has 92 valence electrons. The second-order valence-corrected chi connectivity index (χ2v) is 4.39. The second kappa shape index (κ2) is 4.15. The molecular formula is C13H12N2O3. The number of carboxylic acid groups (broad SMARTS) is 1. The van der Waals surface area contributed by atoms with Crippen LogP contribution in [0.15, 0.2) is 29.4 Å². The number of nitrogens with zero attached hydrogens (tertiary/aromatic N) is 2. The molecule has 0 fully saturated rings. The summed E-state index contributed by atoms with van der Waals surface area (Å²) in [5, 5.41) is 21.9. The van der Waals surface area contributed by atoms with E-state index in [1.165, 1.54) is 6.92 Å². The summed E-state index contributed by atoms with van der Waals surface area (Å²) < 4.78 is 0. The van der Waals surface area contributed by atoms with E-state index in [0.717, 1.165) is 0 Å². The van der Waals surface area contributed by atoms with Crippen molar-refractivity contribution < 1.29 is 14.7 Å². The number of nitriles is 1. The quantitative estimate of drug-likeness (QED) is 0.859. The molecule has 0 radical (unpaired) electrons. The highest BCUT2D eigenvalue weighted by molar-refractivity contribution is 6.06. The average Bonchev–Trinajstić information content (AvgIpc) is 2.68. The molecule has 0 aromatic heterocycles. The zero-order valence-electron chi connectivity index (χ0n) is 10.0. The molecule has 1 aromatic carbocycles. The summed E-state index contributed by atoms with van der Waals surface area (Å²) in [5.74, 6) is -1.44. The van der Waals surface area contributed by atoms with Crippen LogP contribution in [-0.4, -0.2) is 22.4 Å². The summed E-state index contributed by atoms with van der Waals surface area (Å²) >= 11 is 0. The Hall–Kier alpha value is -2.35. The van der Waals surface area contributed by atoms with E-state index in [2.05, 4.69) is 5.16 Å². The maximum atomic E-state index is 11.2. The number of hydrogen-bond donors (Lipinski definition) is 1. The minimum atomic E-state index is -1.35. The molecule has 0 spiro atoms. The third kappa shape index (κ3) is 1.72. The smallest absolute Gasteiger partial charge is 0.351 e. The van der Waals surface area contributed by atoms with Crippen molar-refractivity contribution in [2.24, 2.45) is 11.1 Å². The summed E-state index contributed by atoms with van der Waals surface area (Å²) in [6.07, 6.45) is 0. The van der Waals surface area contributed by atoms with E-state index in [1.54, 1.807) is 31.2 Å². The van der Waals surface area contributed by atoms with Gasteiger partial charge in [-0.25, -0.2) is 4.79 Å². The average molecular weight is 244 g/mol. The Morgan fingerprint density at radius 2 is 2.33 bits per heavy atom. The van der Waals surface area contributed by atoms with Crippen molar-refractivity contribution in [1.29, 1.82) is 5.26 Å². The van der Waals surface area contributed by atoms with Crippen LogP contribution >= 0.6 is 0 Å². The maximum Gasteiger partial charge on any atom is 0.351 e. The third-order valence-corrected chi connectivity index (χ3v) is 3.28. The Kier molecular flexibility index (Phi) is 2.79. The normalized spacial score (nSPS) is 26.1. The summed E-state index contributed by atoms with van der Waals surface area (Å²) in [5.41, 5.74) is 0.424. The van der Waals surface area contributed by atoms with Gasteiger partial charge in [-0.2, -0.15) is 5.26 Å². The van der Waals surface area contributed by atoms with Gasteiger partial charge in [-0.15, -0.1) is 0 Å². The van der Waals surface area contributed by atoms with Gasteiger partial charge in [0.05, 0.1) is 23.3 Å². The first-order chi connectivity index (χ1) is 8.49. The van der Waals surface area contributed by atoms with Crippen molar-refractivity contribution in [3.63, 3.8) is 0 Å². The van der Waals surface area contributed by atoms with Crippen LogP contribution in [0.25, 0.3) is 0 Å². The molecule has 5 nitrogen and oxygen atoms in total. The molecule has 5 heteroatoms. The monoisotopic (exact) mass is 244 g/mol. The number of carboxylic acids is 1. The lowest BCUT2D eigenvalue weighted by Gasteiger charge is -2.21. The van der Waals surface area contributed by atoms with Crippen molar-refractivity contribution in [2.45, 2.75) is 19.4 Å². The molecule has 1 aromatic rings. The lowest BCUT2D eigenvalue weighted by atomic mass is 9.84. The van der Waals surface area contributed by atoms with E-state index in [9.17, 15) is 4.79 Å². The van der Waals surface area contributed by atoms with Gasteiger partial charge in [-0.1, -0.05) is 24.2 Å². The first kappa shape index (κ1) is 12.1. The van der Waals surface area contributed by atoms with Gasteiger partial charge in [0.25, 0.3) is 0 Å². The highest BCUT2D eigenvalue weighted by Gasteiger charge is 2.49. The van der Waals surface area contributed by atoms with Gasteiger partial charge in [0.15, 0.2) is 0 Å². The molecular weight excluding hydrogens is 232 g/mol. The van der Waals surface area contributed by atoms with E-state index in [1.807, 2.05) is 6.07 Å². The largest absolute Gasteiger partial charge is 0.478 e. The van der Waals surface area contributed by atoms with Crippen molar-refractivity contribution in [3.05, 3.63) is 35.4 Å².